The normalized spacial score (nSPS) is 11.2. The number of hydrogen-bond acceptors (Lipinski definition) is 2. The Morgan fingerprint density at radius 1 is 1.32 bits per heavy atom. The molecule has 0 fully saturated rings. The smallest absolute Gasteiger partial charge is 0.237 e. The fraction of sp³-hybridized carbons (Fsp3) is 0.385. The minimum atomic E-state index is -1.09. The summed E-state index contributed by atoms with van der Waals surface area (Å²) in [5.41, 5.74) is 4.04. The summed E-state index contributed by atoms with van der Waals surface area (Å²) in [6, 6.07) is 3.36. The molecule has 0 aliphatic carbocycles. The topological polar surface area (TPSA) is 55.1 Å². The van der Waals surface area contributed by atoms with E-state index in [0.29, 0.717) is 12.8 Å². The summed E-state index contributed by atoms with van der Waals surface area (Å²) in [6.07, 6.45) is 0.724. The highest BCUT2D eigenvalue weighted by atomic mass is 32.1. The SMILES string of the molecule is CCC(CC)(C(=O)Nc1c(F)cccc1F)C(N)=S. The molecule has 0 spiro atoms. The predicted molar refractivity (Wildman–Crippen MR) is 74.8 cm³/mol. The van der Waals surface area contributed by atoms with E-state index in [9.17, 15) is 13.6 Å². The van der Waals surface area contributed by atoms with Crippen LogP contribution in [0, 0.1) is 17.0 Å². The van der Waals surface area contributed by atoms with E-state index in [-0.39, 0.29) is 4.99 Å². The zero-order valence-corrected chi connectivity index (χ0v) is 11.6. The number of benzene rings is 1. The molecule has 0 atom stereocenters. The van der Waals surface area contributed by atoms with Crippen LogP contribution < -0.4 is 11.1 Å². The molecule has 0 aliphatic rings. The van der Waals surface area contributed by atoms with Crippen molar-refractivity contribution in [1.29, 1.82) is 0 Å². The van der Waals surface area contributed by atoms with E-state index >= 15 is 0 Å². The number of para-hydroxylation sites is 1. The molecule has 3 N–H and O–H groups in total. The van der Waals surface area contributed by atoms with Crippen LogP contribution in [-0.2, 0) is 4.79 Å². The maximum atomic E-state index is 13.5. The highest BCUT2D eigenvalue weighted by Crippen LogP contribution is 2.30. The van der Waals surface area contributed by atoms with E-state index in [2.05, 4.69) is 5.32 Å². The molecule has 0 saturated heterocycles. The fourth-order valence-electron chi connectivity index (χ4n) is 1.88. The molecule has 0 aliphatic heterocycles. The third-order valence-corrected chi connectivity index (χ3v) is 3.71. The van der Waals surface area contributed by atoms with Gasteiger partial charge in [0.2, 0.25) is 5.91 Å². The highest BCUT2D eigenvalue weighted by Gasteiger charge is 2.38. The Labute approximate surface area is 116 Å². The van der Waals surface area contributed by atoms with Crippen molar-refractivity contribution in [1.82, 2.24) is 0 Å². The summed E-state index contributed by atoms with van der Waals surface area (Å²) in [5.74, 6) is -2.26. The monoisotopic (exact) mass is 286 g/mol. The first-order valence-corrected chi connectivity index (χ1v) is 6.35. The van der Waals surface area contributed by atoms with Crippen molar-refractivity contribution >= 4 is 28.8 Å². The van der Waals surface area contributed by atoms with Crippen LogP contribution >= 0.6 is 12.2 Å². The number of anilines is 1. The molecule has 0 heterocycles. The lowest BCUT2D eigenvalue weighted by molar-refractivity contribution is -0.122. The predicted octanol–water partition coefficient (Wildman–Crippen LogP) is 3.00. The first-order valence-electron chi connectivity index (χ1n) is 5.94. The summed E-state index contributed by atoms with van der Waals surface area (Å²) >= 11 is 4.92. The lowest BCUT2D eigenvalue weighted by atomic mass is 9.81. The number of rotatable bonds is 5. The van der Waals surface area contributed by atoms with Gasteiger partial charge in [-0.2, -0.15) is 0 Å². The molecule has 1 aromatic carbocycles. The number of nitrogens with one attached hydrogen (secondary N) is 1. The van der Waals surface area contributed by atoms with E-state index in [4.69, 9.17) is 18.0 Å². The zero-order chi connectivity index (χ0) is 14.6. The molecule has 19 heavy (non-hydrogen) atoms. The third kappa shape index (κ3) is 2.89. The summed E-state index contributed by atoms with van der Waals surface area (Å²) in [5, 5.41) is 2.25. The van der Waals surface area contributed by atoms with Crippen LogP contribution in [0.2, 0.25) is 0 Å². The Balaban J connectivity index is 3.11. The van der Waals surface area contributed by atoms with Gasteiger partial charge in [0.15, 0.2) is 0 Å². The zero-order valence-electron chi connectivity index (χ0n) is 10.8. The second-order valence-electron chi connectivity index (χ2n) is 4.20. The maximum absolute atomic E-state index is 13.5. The molecular weight excluding hydrogens is 270 g/mol. The van der Waals surface area contributed by atoms with Gasteiger partial charge in [0.05, 0.1) is 10.4 Å². The molecule has 6 heteroatoms. The number of nitrogens with two attached hydrogens (primary N) is 1. The molecule has 0 saturated carbocycles. The molecule has 0 radical (unpaired) electrons. The molecule has 1 rings (SSSR count). The van der Waals surface area contributed by atoms with Crippen LogP contribution in [0.25, 0.3) is 0 Å². The highest BCUT2D eigenvalue weighted by molar-refractivity contribution is 7.80. The van der Waals surface area contributed by atoms with Crippen molar-refractivity contribution in [2.24, 2.45) is 11.1 Å². The quantitative estimate of drug-likeness (QED) is 0.818. The van der Waals surface area contributed by atoms with Crippen molar-refractivity contribution in [3.05, 3.63) is 29.8 Å². The third-order valence-electron chi connectivity index (χ3n) is 3.31. The molecular formula is C13H16F2N2OS. The molecule has 3 nitrogen and oxygen atoms in total. The van der Waals surface area contributed by atoms with Gasteiger partial charge in [0.25, 0.3) is 0 Å². The molecule has 0 unspecified atom stereocenters. The van der Waals surface area contributed by atoms with Crippen LogP contribution in [0.15, 0.2) is 18.2 Å². The Kier molecular flexibility index (Phi) is 4.94. The molecule has 1 aromatic rings. The van der Waals surface area contributed by atoms with E-state index in [1.165, 1.54) is 6.07 Å². The van der Waals surface area contributed by atoms with Crippen molar-refractivity contribution < 1.29 is 13.6 Å². The lowest BCUT2D eigenvalue weighted by Crippen LogP contribution is -2.45. The minimum Gasteiger partial charge on any atom is -0.392 e. The van der Waals surface area contributed by atoms with Gasteiger partial charge in [-0.1, -0.05) is 32.1 Å². The number of carbonyl (C=O) groups is 1. The summed E-state index contributed by atoms with van der Waals surface area (Å²) in [6.45, 7) is 3.50. The van der Waals surface area contributed by atoms with Gasteiger partial charge in [-0.3, -0.25) is 4.79 Å². The average molecular weight is 286 g/mol. The molecule has 104 valence electrons. The van der Waals surface area contributed by atoms with Gasteiger partial charge in [-0.15, -0.1) is 0 Å². The lowest BCUT2D eigenvalue weighted by Gasteiger charge is -2.29. The standard InChI is InChI=1S/C13H16F2N2OS/c1-3-13(4-2,11(16)19)12(18)17-10-8(14)6-5-7-9(10)15/h5-7H,3-4H2,1-2H3,(H2,16,19)(H,17,18). The van der Waals surface area contributed by atoms with E-state index in [1.807, 2.05) is 0 Å². The van der Waals surface area contributed by atoms with Crippen molar-refractivity contribution in [3.8, 4) is 0 Å². The van der Waals surface area contributed by atoms with Gasteiger partial charge in [-0.25, -0.2) is 8.78 Å². The van der Waals surface area contributed by atoms with Crippen LogP contribution in [0.1, 0.15) is 26.7 Å². The summed E-state index contributed by atoms with van der Waals surface area (Å²) < 4.78 is 27.0. The van der Waals surface area contributed by atoms with Gasteiger partial charge in [0, 0.05) is 0 Å². The van der Waals surface area contributed by atoms with Crippen molar-refractivity contribution in [2.75, 3.05) is 5.32 Å². The number of thiocarbonyl (C=S) groups is 1. The van der Waals surface area contributed by atoms with E-state index in [0.717, 1.165) is 12.1 Å². The van der Waals surface area contributed by atoms with Crippen molar-refractivity contribution in [2.45, 2.75) is 26.7 Å². The Morgan fingerprint density at radius 3 is 2.16 bits per heavy atom. The number of carbonyl (C=O) groups excluding carboxylic acids is 1. The maximum Gasteiger partial charge on any atom is 0.237 e. The Morgan fingerprint density at radius 2 is 1.79 bits per heavy atom. The van der Waals surface area contributed by atoms with E-state index in [1.54, 1.807) is 13.8 Å². The van der Waals surface area contributed by atoms with Gasteiger partial charge in [-0.05, 0) is 25.0 Å². The second-order valence-corrected chi connectivity index (χ2v) is 4.64. The summed E-state index contributed by atoms with van der Waals surface area (Å²) in [4.78, 5) is 12.3. The van der Waals surface area contributed by atoms with Crippen LogP contribution in [-0.4, -0.2) is 10.9 Å². The summed E-state index contributed by atoms with van der Waals surface area (Å²) in [7, 11) is 0. The van der Waals surface area contributed by atoms with Crippen LogP contribution in [0.5, 0.6) is 0 Å². The van der Waals surface area contributed by atoms with Gasteiger partial charge >= 0.3 is 0 Å². The van der Waals surface area contributed by atoms with Gasteiger partial charge in [0.1, 0.15) is 17.3 Å². The average Bonchev–Trinajstić information content (AvgIpc) is 2.36. The molecule has 0 aromatic heterocycles. The van der Waals surface area contributed by atoms with Gasteiger partial charge < -0.3 is 11.1 Å². The van der Waals surface area contributed by atoms with Crippen LogP contribution in [0.4, 0.5) is 14.5 Å². The Bertz CT molecular complexity index is 481. The number of halogens is 2. The second kappa shape index (κ2) is 6.06. The Hall–Kier alpha value is -1.56. The first kappa shape index (κ1) is 15.5. The number of amides is 1. The first-order chi connectivity index (χ1) is 8.89. The van der Waals surface area contributed by atoms with Crippen LogP contribution in [0.3, 0.4) is 0 Å². The fourth-order valence-corrected chi connectivity index (χ4v) is 2.26. The molecule has 0 bridgehead atoms. The number of hydrogen-bond donors (Lipinski definition) is 2. The molecule has 1 amide bonds. The van der Waals surface area contributed by atoms with Crippen molar-refractivity contribution in [3.63, 3.8) is 0 Å². The minimum absolute atomic E-state index is 0.0201. The largest absolute Gasteiger partial charge is 0.392 e. The van der Waals surface area contributed by atoms with E-state index < -0.39 is 28.6 Å².